The van der Waals surface area contributed by atoms with Crippen molar-refractivity contribution in [2.75, 3.05) is 13.2 Å². The summed E-state index contributed by atoms with van der Waals surface area (Å²) in [7, 11) is 0. The van der Waals surface area contributed by atoms with Gasteiger partial charge >= 0.3 is 0 Å². The van der Waals surface area contributed by atoms with Gasteiger partial charge in [0.15, 0.2) is 0 Å². The number of nitrogens with one attached hydrogen (secondary N) is 1. The number of hydrogen-bond acceptors (Lipinski definition) is 2. The van der Waals surface area contributed by atoms with E-state index in [1.54, 1.807) is 0 Å². The van der Waals surface area contributed by atoms with Gasteiger partial charge in [0.2, 0.25) is 0 Å². The first kappa shape index (κ1) is 12.6. The minimum atomic E-state index is 0.197. The SMILES string of the molecule is Cc1cc(C)c(C)c(C2OCCNC2C)c1C. The van der Waals surface area contributed by atoms with Crippen molar-refractivity contribution in [3.63, 3.8) is 0 Å². The lowest BCUT2D eigenvalue weighted by molar-refractivity contribution is -0.00102. The van der Waals surface area contributed by atoms with Gasteiger partial charge in [0.25, 0.3) is 0 Å². The van der Waals surface area contributed by atoms with Gasteiger partial charge in [-0.3, -0.25) is 0 Å². The Morgan fingerprint density at radius 3 is 2.24 bits per heavy atom. The van der Waals surface area contributed by atoms with Crippen molar-refractivity contribution in [1.29, 1.82) is 0 Å². The molecule has 0 bridgehead atoms. The van der Waals surface area contributed by atoms with Crippen molar-refractivity contribution < 1.29 is 4.74 Å². The van der Waals surface area contributed by atoms with Crippen LogP contribution in [-0.4, -0.2) is 19.2 Å². The maximum absolute atomic E-state index is 5.99. The van der Waals surface area contributed by atoms with Gasteiger partial charge in [0, 0.05) is 12.6 Å². The molecule has 2 heteroatoms. The third-order valence-corrected chi connectivity index (χ3v) is 4.03. The van der Waals surface area contributed by atoms with E-state index < -0.39 is 0 Å². The Morgan fingerprint density at radius 1 is 1.12 bits per heavy atom. The van der Waals surface area contributed by atoms with Gasteiger partial charge in [0.1, 0.15) is 0 Å². The lowest BCUT2D eigenvalue weighted by Gasteiger charge is -2.33. The number of rotatable bonds is 1. The molecule has 1 aliphatic heterocycles. The number of benzene rings is 1. The Hall–Kier alpha value is -0.860. The second kappa shape index (κ2) is 4.79. The van der Waals surface area contributed by atoms with E-state index in [1.807, 2.05) is 0 Å². The molecule has 1 aromatic carbocycles. The molecule has 0 radical (unpaired) electrons. The normalized spacial score (nSPS) is 25.0. The Balaban J connectivity index is 2.49. The minimum absolute atomic E-state index is 0.197. The van der Waals surface area contributed by atoms with E-state index >= 15 is 0 Å². The molecule has 2 nitrogen and oxygen atoms in total. The predicted molar refractivity (Wildman–Crippen MR) is 71.5 cm³/mol. The fourth-order valence-corrected chi connectivity index (χ4v) is 2.73. The van der Waals surface area contributed by atoms with E-state index in [-0.39, 0.29) is 6.10 Å². The summed E-state index contributed by atoms with van der Waals surface area (Å²) >= 11 is 0. The van der Waals surface area contributed by atoms with Crippen LogP contribution in [0.2, 0.25) is 0 Å². The zero-order valence-electron chi connectivity index (χ0n) is 11.6. The maximum atomic E-state index is 5.99. The fraction of sp³-hybridized carbons (Fsp3) is 0.600. The van der Waals surface area contributed by atoms with E-state index in [9.17, 15) is 0 Å². The van der Waals surface area contributed by atoms with E-state index in [4.69, 9.17) is 4.74 Å². The summed E-state index contributed by atoms with van der Waals surface area (Å²) in [5, 5.41) is 3.50. The summed E-state index contributed by atoms with van der Waals surface area (Å²) in [5.74, 6) is 0. The van der Waals surface area contributed by atoms with Gasteiger partial charge in [-0.25, -0.2) is 0 Å². The van der Waals surface area contributed by atoms with Crippen molar-refractivity contribution in [2.45, 2.75) is 46.8 Å². The van der Waals surface area contributed by atoms with E-state index in [1.165, 1.54) is 27.8 Å². The first-order valence-electron chi connectivity index (χ1n) is 6.44. The Morgan fingerprint density at radius 2 is 1.71 bits per heavy atom. The van der Waals surface area contributed by atoms with Crippen LogP contribution < -0.4 is 5.32 Å². The first-order valence-corrected chi connectivity index (χ1v) is 6.44. The molecule has 0 aromatic heterocycles. The summed E-state index contributed by atoms with van der Waals surface area (Å²) in [4.78, 5) is 0. The molecule has 17 heavy (non-hydrogen) atoms. The molecule has 0 spiro atoms. The van der Waals surface area contributed by atoms with E-state index in [2.05, 4.69) is 46.0 Å². The Bertz CT molecular complexity index is 399. The summed E-state index contributed by atoms with van der Waals surface area (Å²) in [6.45, 7) is 12.8. The molecule has 1 aliphatic rings. The molecule has 1 aromatic rings. The smallest absolute Gasteiger partial charge is 0.0981 e. The monoisotopic (exact) mass is 233 g/mol. The van der Waals surface area contributed by atoms with Gasteiger partial charge in [0.05, 0.1) is 12.7 Å². The van der Waals surface area contributed by atoms with Crippen molar-refractivity contribution in [3.05, 3.63) is 33.9 Å². The van der Waals surface area contributed by atoms with Crippen LogP contribution in [0.5, 0.6) is 0 Å². The average Bonchev–Trinajstić information content (AvgIpc) is 2.29. The fourth-order valence-electron chi connectivity index (χ4n) is 2.73. The van der Waals surface area contributed by atoms with Gasteiger partial charge < -0.3 is 10.1 Å². The van der Waals surface area contributed by atoms with Crippen LogP contribution >= 0.6 is 0 Å². The van der Waals surface area contributed by atoms with Gasteiger partial charge in [-0.1, -0.05) is 6.07 Å². The van der Waals surface area contributed by atoms with Crippen LogP contribution in [0.1, 0.15) is 40.8 Å². The van der Waals surface area contributed by atoms with E-state index in [0.29, 0.717) is 6.04 Å². The number of morpholine rings is 1. The van der Waals surface area contributed by atoms with Crippen LogP contribution in [0, 0.1) is 27.7 Å². The molecule has 2 rings (SSSR count). The molecule has 2 unspecified atom stereocenters. The lowest BCUT2D eigenvalue weighted by atomic mass is 9.88. The number of aryl methyl sites for hydroxylation is 2. The Labute approximate surface area is 104 Å². The summed E-state index contributed by atoms with van der Waals surface area (Å²) in [5.41, 5.74) is 6.89. The highest BCUT2D eigenvalue weighted by atomic mass is 16.5. The molecule has 0 aliphatic carbocycles. The third kappa shape index (κ3) is 2.24. The standard InChI is InChI=1S/C15H23NO/c1-9-8-10(2)12(4)14(11(9)3)15-13(5)16-6-7-17-15/h8,13,15-16H,6-7H2,1-5H3. The minimum Gasteiger partial charge on any atom is -0.371 e. The van der Waals surface area contributed by atoms with Gasteiger partial charge in [-0.2, -0.15) is 0 Å². The topological polar surface area (TPSA) is 21.3 Å². The average molecular weight is 233 g/mol. The second-order valence-electron chi connectivity index (χ2n) is 5.21. The van der Waals surface area contributed by atoms with Crippen molar-refractivity contribution in [1.82, 2.24) is 5.32 Å². The van der Waals surface area contributed by atoms with Gasteiger partial charge in [-0.15, -0.1) is 0 Å². The molecule has 0 amide bonds. The quantitative estimate of drug-likeness (QED) is 0.805. The third-order valence-electron chi connectivity index (χ3n) is 4.03. The highest BCUT2D eigenvalue weighted by molar-refractivity contribution is 5.45. The largest absolute Gasteiger partial charge is 0.371 e. The zero-order chi connectivity index (χ0) is 12.6. The van der Waals surface area contributed by atoms with Crippen molar-refractivity contribution >= 4 is 0 Å². The summed E-state index contributed by atoms with van der Waals surface area (Å²) < 4.78 is 5.99. The Kier molecular flexibility index (Phi) is 3.55. The molecule has 1 saturated heterocycles. The summed E-state index contributed by atoms with van der Waals surface area (Å²) in [6.07, 6.45) is 0.197. The molecular formula is C15H23NO. The van der Waals surface area contributed by atoms with Crippen molar-refractivity contribution in [3.8, 4) is 0 Å². The van der Waals surface area contributed by atoms with Crippen LogP contribution in [-0.2, 0) is 4.74 Å². The molecule has 1 fully saturated rings. The summed E-state index contributed by atoms with van der Waals surface area (Å²) in [6, 6.07) is 2.66. The molecular weight excluding hydrogens is 210 g/mol. The highest BCUT2D eigenvalue weighted by Crippen LogP contribution is 2.32. The second-order valence-corrected chi connectivity index (χ2v) is 5.21. The molecule has 1 heterocycles. The maximum Gasteiger partial charge on any atom is 0.0981 e. The molecule has 1 N–H and O–H groups in total. The van der Waals surface area contributed by atoms with Gasteiger partial charge in [-0.05, 0) is 62.4 Å². The van der Waals surface area contributed by atoms with Crippen LogP contribution in [0.3, 0.4) is 0 Å². The highest BCUT2D eigenvalue weighted by Gasteiger charge is 2.27. The zero-order valence-corrected chi connectivity index (χ0v) is 11.6. The van der Waals surface area contributed by atoms with Crippen LogP contribution in [0.15, 0.2) is 6.07 Å². The molecule has 2 atom stereocenters. The predicted octanol–water partition coefficient (Wildman–Crippen LogP) is 2.97. The number of ether oxygens (including phenoxy) is 1. The van der Waals surface area contributed by atoms with Crippen LogP contribution in [0.25, 0.3) is 0 Å². The lowest BCUT2D eigenvalue weighted by Crippen LogP contribution is -2.42. The first-order chi connectivity index (χ1) is 8.02. The number of hydrogen-bond donors (Lipinski definition) is 1. The van der Waals surface area contributed by atoms with Crippen LogP contribution in [0.4, 0.5) is 0 Å². The molecule has 0 saturated carbocycles. The van der Waals surface area contributed by atoms with E-state index in [0.717, 1.165) is 13.2 Å². The molecule has 94 valence electrons. The van der Waals surface area contributed by atoms with Crippen molar-refractivity contribution in [2.24, 2.45) is 0 Å².